The molecular weight excluding hydrogens is 167 g/mol. The molecule has 0 rings (SSSR count). The zero-order valence-electron chi connectivity index (χ0n) is 8.77. The molecule has 80 valence electrons. The first-order chi connectivity index (χ1) is 6.31. The van der Waals surface area contributed by atoms with Crippen molar-refractivity contribution in [3.05, 3.63) is 0 Å². The van der Waals surface area contributed by atoms with Crippen LogP contribution in [-0.4, -0.2) is 17.9 Å². The molecular formula is C11H23FO. The lowest BCUT2D eigenvalue weighted by Crippen LogP contribution is -2.02. The number of rotatable bonds is 9. The van der Waals surface area contributed by atoms with Crippen molar-refractivity contribution in [1.29, 1.82) is 0 Å². The summed E-state index contributed by atoms with van der Waals surface area (Å²) in [6.07, 6.45) is 7.37. The predicted molar refractivity (Wildman–Crippen MR) is 54.6 cm³/mol. The fraction of sp³-hybridized carbons (Fsp3) is 1.00. The van der Waals surface area contributed by atoms with E-state index in [9.17, 15) is 4.39 Å². The molecule has 0 bridgehead atoms. The first kappa shape index (κ1) is 12.9. The molecule has 1 N–H and O–H groups in total. The van der Waals surface area contributed by atoms with Crippen LogP contribution >= 0.6 is 0 Å². The van der Waals surface area contributed by atoms with Crippen molar-refractivity contribution in [2.24, 2.45) is 0 Å². The Balaban J connectivity index is 2.97. The van der Waals surface area contributed by atoms with Gasteiger partial charge in [-0.15, -0.1) is 0 Å². The van der Waals surface area contributed by atoms with Gasteiger partial charge in [-0.25, -0.2) is 4.39 Å². The van der Waals surface area contributed by atoms with E-state index in [0.717, 1.165) is 12.8 Å². The Morgan fingerprint density at radius 2 is 1.62 bits per heavy atom. The van der Waals surface area contributed by atoms with Gasteiger partial charge < -0.3 is 5.11 Å². The lowest BCUT2D eigenvalue weighted by atomic mass is 10.1. The normalized spacial score (nSPS) is 13.2. The maximum atomic E-state index is 12.8. The number of hydrogen-bond acceptors (Lipinski definition) is 1. The highest BCUT2D eigenvalue weighted by Gasteiger charge is 2.03. The van der Waals surface area contributed by atoms with E-state index in [4.69, 9.17) is 5.11 Å². The van der Waals surface area contributed by atoms with Gasteiger partial charge in [-0.1, -0.05) is 45.4 Å². The number of alkyl halides is 1. The van der Waals surface area contributed by atoms with Crippen LogP contribution in [0.3, 0.4) is 0 Å². The number of aliphatic hydroxyl groups is 1. The van der Waals surface area contributed by atoms with Gasteiger partial charge in [-0.3, -0.25) is 0 Å². The second-order valence-electron chi connectivity index (χ2n) is 3.67. The molecule has 1 atom stereocenters. The molecule has 0 aromatic heterocycles. The highest BCUT2D eigenvalue weighted by molar-refractivity contribution is 4.55. The van der Waals surface area contributed by atoms with Crippen LogP contribution in [0.1, 0.15) is 58.3 Å². The third-order valence-corrected chi connectivity index (χ3v) is 2.31. The van der Waals surface area contributed by atoms with Crippen LogP contribution in [0, 0.1) is 0 Å². The standard InChI is InChI=1S/C11H23FO/c1-2-3-4-5-6-7-8-11(12)9-10-13/h11,13H,2-10H2,1H3. The third-order valence-electron chi connectivity index (χ3n) is 2.31. The third kappa shape index (κ3) is 9.81. The molecule has 0 aromatic carbocycles. The minimum Gasteiger partial charge on any atom is -0.396 e. The molecule has 1 unspecified atom stereocenters. The second kappa shape index (κ2) is 9.97. The molecule has 0 aliphatic carbocycles. The lowest BCUT2D eigenvalue weighted by Gasteiger charge is -2.05. The summed E-state index contributed by atoms with van der Waals surface area (Å²) >= 11 is 0. The Morgan fingerprint density at radius 1 is 1.00 bits per heavy atom. The fourth-order valence-electron chi connectivity index (χ4n) is 1.43. The minimum absolute atomic E-state index is 0.0169. The van der Waals surface area contributed by atoms with E-state index in [0.29, 0.717) is 12.8 Å². The van der Waals surface area contributed by atoms with E-state index in [-0.39, 0.29) is 6.61 Å². The predicted octanol–water partition coefficient (Wildman–Crippen LogP) is 3.46. The molecule has 0 amide bonds. The van der Waals surface area contributed by atoms with Gasteiger partial charge in [-0.2, -0.15) is 0 Å². The van der Waals surface area contributed by atoms with Gasteiger partial charge in [0.2, 0.25) is 0 Å². The monoisotopic (exact) mass is 190 g/mol. The zero-order valence-corrected chi connectivity index (χ0v) is 8.77. The van der Waals surface area contributed by atoms with Gasteiger partial charge >= 0.3 is 0 Å². The van der Waals surface area contributed by atoms with Crippen molar-refractivity contribution in [2.45, 2.75) is 64.5 Å². The molecule has 0 spiro atoms. The summed E-state index contributed by atoms with van der Waals surface area (Å²) in [7, 11) is 0. The zero-order chi connectivity index (χ0) is 9.94. The highest BCUT2D eigenvalue weighted by Crippen LogP contribution is 2.11. The Kier molecular flexibility index (Phi) is 9.89. The van der Waals surface area contributed by atoms with Crippen LogP contribution in [0.15, 0.2) is 0 Å². The highest BCUT2D eigenvalue weighted by atomic mass is 19.1. The van der Waals surface area contributed by atoms with Crippen molar-refractivity contribution >= 4 is 0 Å². The topological polar surface area (TPSA) is 20.2 Å². The molecule has 0 aliphatic heterocycles. The number of hydrogen-bond donors (Lipinski definition) is 1. The molecule has 1 nitrogen and oxygen atoms in total. The Morgan fingerprint density at radius 3 is 2.23 bits per heavy atom. The number of halogens is 1. The van der Waals surface area contributed by atoms with E-state index < -0.39 is 6.17 Å². The maximum Gasteiger partial charge on any atom is 0.102 e. The average molecular weight is 190 g/mol. The van der Waals surface area contributed by atoms with Gasteiger partial charge in [-0.05, 0) is 6.42 Å². The Hall–Kier alpha value is -0.110. The molecule has 0 fully saturated rings. The maximum absolute atomic E-state index is 12.8. The molecule has 0 radical (unpaired) electrons. The lowest BCUT2D eigenvalue weighted by molar-refractivity contribution is 0.209. The van der Waals surface area contributed by atoms with Gasteiger partial charge in [0, 0.05) is 13.0 Å². The van der Waals surface area contributed by atoms with E-state index in [1.165, 1.54) is 25.7 Å². The summed E-state index contributed by atoms with van der Waals surface area (Å²) < 4.78 is 12.8. The van der Waals surface area contributed by atoms with E-state index >= 15 is 0 Å². The van der Waals surface area contributed by atoms with E-state index in [2.05, 4.69) is 6.92 Å². The van der Waals surface area contributed by atoms with E-state index in [1.807, 2.05) is 0 Å². The first-order valence-electron chi connectivity index (χ1n) is 5.56. The fourth-order valence-corrected chi connectivity index (χ4v) is 1.43. The molecule has 0 heterocycles. The smallest absolute Gasteiger partial charge is 0.102 e. The van der Waals surface area contributed by atoms with Crippen molar-refractivity contribution in [3.63, 3.8) is 0 Å². The summed E-state index contributed by atoms with van der Waals surface area (Å²) in [6, 6.07) is 0. The van der Waals surface area contributed by atoms with Gasteiger partial charge in [0.05, 0.1) is 0 Å². The van der Waals surface area contributed by atoms with Gasteiger partial charge in [0.25, 0.3) is 0 Å². The summed E-state index contributed by atoms with van der Waals surface area (Å²) in [5.74, 6) is 0. The van der Waals surface area contributed by atoms with Gasteiger partial charge in [0.1, 0.15) is 6.17 Å². The molecule has 0 aromatic rings. The van der Waals surface area contributed by atoms with Crippen molar-refractivity contribution in [1.82, 2.24) is 0 Å². The summed E-state index contributed by atoms with van der Waals surface area (Å²) in [4.78, 5) is 0. The molecule has 0 aliphatic rings. The van der Waals surface area contributed by atoms with Crippen molar-refractivity contribution < 1.29 is 9.50 Å². The molecule has 0 saturated carbocycles. The van der Waals surface area contributed by atoms with Crippen LogP contribution < -0.4 is 0 Å². The van der Waals surface area contributed by atoms with Crippen molar-refractivity contribution in [2.75, 3.05) is 6.61 Å². The first-order valence-corrected chi connectivity index (χ1v) is 5.56. The Bertz CT molecular complexity index is 96.1. The summed E-state index contributed by atoms with van der Waals surface area (Å²) in [5.41, 5.74) is 0. The van der Waals surface area contributed by atoms with Crippen molar-refractivity contribution in [3.8, 4) is 0 Å². The number of aliphatic hydroxyl groups excluding tert-OH is 1. The van der Waals surface area contributed by atoms with Crippen LogP contribution in [0.2, 0.25) is 0 Å². The van der Waals surface area contributed by atoms with Gasteiger partial charge in [0.15, 0.2) is 0 Å². The molecule has 13 heavy (non-hydrogen) atoms. The molecule has 2 heteroatoms. The minimum atomic E-state index is -0.781. The number of unbranched alkanes of at least 4 members (excludes halogenated alkanes) is 5. The molecule has 0 saturated heterocycles. The van der Waals surface area contributed by atoms with Crippen LogP contribution in [-0.2, 0) is 0 Å². The SMILES string of the molecule is CCCCCCCCC(F)CCO. The Labute approximate surface area is 81.3 Å². The van der Waals surface area contributed by atoms with E-state index in [1.54, 1.807) is 0 Å². The average Bonchev–Trinajstić information content (AvgIpc) is 2.11. The van der Waals surface area contributed by atoms with Crippen LogP contribution in [0.4, 0.5) is 4.39 Å². The van der Waals surface area contributed by atoms with Crippen LogP contribution in [0.25, 0.3) is 0 Å². The second-order valence-corrected chi connectivity index (χ2v) is 3.67. The largest absolute Gasteiger partial charge is 0.396 e. The van der Waals surface area contributed by atoms with Crippen LogP contribution in [0.5, 0.6) is 0 Å². The summed E-state index contributed by atoms with van der Waals surface area (Å²) in [6.45, 7) is 2.18. The quantitative estimate of drug-likeness (QED) is 0.552. The summed E-state index contributed by atoms with van der Waals surface area (Å²) in [5, 5.41) is 8.47.